The highest BCUT2D eigenvalue weighted by molar-refractivity contribution is 5.18. The molecule has 9 heavy (non-hydrogen) atoms. The summed E-state index contributed by atoms with van der Waals surface area (Å²) in [6, 6.07) is 0. The van der Waals surface area contributed by atoms with E-state index in [-0.39, 0.29) is 0 Å². The lowest BCUT2D eigenvalue weighted by Gasteiger charge is -2.69. The maximum absolute atomic E-state index is 5.37. The van der Waals surface area contributed by atoms with Gasteiger partial charge in [0, 0.05) is 7.11 Å². The topological polar surface area (TPSA) is 9.23 Å². The Morgan fingerprint density at radius 2 is 1.89 bits per heavy atom. The van der Waals surface area contributed by atoms with E-state index in [4.69, 9.17) is 4.74 Å². The van der Waals surface area contributed by atoms with Gasteiger partial charge in [-0.2, -0.15) is 0 Å². The Hall–Kier alpha value is -0.0400. The van der Waals surface area contributed by atoms with Crippen molar-refractivity contribution >= 4 is 0 Å². The van der Waals surface area contributed by atoms with E-state index >= 15 is 0 Å². The third-order valence-corrected chi connectivity index (χ3v) is 3.27. The van der Waals surface area contributed by atoms with Crippen LogP contribution in [0.2, 0.25) is 0 Å². The summed E-state index contributed by atoms with van der Waals surface area (Å²) in [5.74, 6) is 0. The molecule has 0 atom stereocenters. The Kier molecular flexibility index (Phi) is 0.852. The summed E-state index contributed by atoms with van der Waals surface area (Å²) in [4.78, 5) is 0. The Morgan fingerprint density at radius 3 is 2.22 bits per heavy atom. The Bertz CT molecular complexity index is 106. The first-order valence-corrected chi connectivity index (χ1v) is 3.79. The second kappa shape index (κ2) is 1.34. The molecule has 3 aliphatic rings. The summed E-state index contributed by atoms with van der Waals surface area (Å²) in [5, 5.41) is 0. The van der Waals surface area contributed by atoms with Crippen molar-refractivity contribution in [1.82, 2.24) is 0 Å². The summed E-state index contributed by atoms with van der Waals surface area (Å²) in [5.41, 5.74) is 1.12. The molecule has 0 aromatic heterocycles. The van der Waals surface area contributed by atoms with E-state index in [1.54, 1.807) is 0 Å². The van der Waals surface area contributed by atoms with E-state index in [1.165, 1.54) is 25.7 Å². The van der Waals surface area contributed by atoms with Crippen molar-refractivity contribution < 1.29 is 4.74 Å². The van der Waals surface area contributed by atoms with Gasteiger partial charge in [-0.1, -0.05) is 13.3 Å². The molecule has 1 nitrogen and oxygen atoms in total. The van der Waals surface area contributed by atoms with Gasteiger partial charge in [-0.05, 0) is 24.7 Å². The lowest BCUT2D eigenvalue weighted by Crippen LogP contribution is -2.67. The van der Waals surface area contributed by atoms with Gasteiger partial charge in [-0.3, -0.25) is 0 Å². The standard InChI is InChI=1S/C8H14O/c1-3-7-4-8(5-7,6-7)9-2/h3-6H2,1-2H3. The predicted molar refractivity (Wildman–Crippen MR) is 36.3 cm³/mol. The Morgan fingerprint density at radius 1 is 1.33 bits per heavy atom. The van der Waals surface area contributed by atoms with Crippen molar-refractivity contribution in [3.63, 3.8) is 0 Å². The molecule has 1 heteroatoms. The first kappa shape index (κ1) is 5.72. The highest BCUT2D eigenvalue weighted by atomic mass is 16.5. The highest BCUT2D eigenvalue weighted by Crippen LogP contribution is 2.70. The minimum Gasteiger partial charge on any atom is -0.378 e. The summed E-state index contributed by atoms with van der Waals surface area (Å²) in [6.45, 7) is 2.29. The van der Waals surface area contributed by atoms with Crippen LogP contribution in [0.25, 0.3) is 0 Å². The lowest BCUT2D eigenvalue weighted by atomic mass is 9.40. The van der Waals surface area contributed by atoms with Crippen molar-refractivity contribution in [2.45, 2.75) is 38.2 Å². The van der Waals surface area contributed by atoms with Crippen LogP contribution in [0.15, 0.2) is 0 Å². The molecule has 0 aromatic carbocycles. The SMILES string of the molecule is CCC12CC(OC)(C1)C2. The molecular formula is C8H14O. The van der Waals surface area contributed by atoms with Gasteiger partial charge in [0.15, 0.2) is 0 Å². The van der Waals surface area contributed by atoms with Crippen LogP contribution in [0.4, 0.5) is 0 Å². The summed E-state index contributed by atoms with van der Waals surface area (Å²) in [6.07, 6.45) is 5.38. The van der Waals surface area contributed by atoms with Crippen LogP contribution in [0, 0.1) is 5.41 Å². The number of methoxy groups -OCH3 is 1. The third kappa shape index (κ3) is 0.493. The quantitative estimate of drug-likeness (QED) is 0.549. The molecule has 3 aliphatic carbocycles. The molecule has 3 rings (SSSR count). The van der Waals surface area contributed by atoms with Gasteiger partial charge in [-0.15, -0.1) is 0 Å². The molecule has 0 unspecified atom stereocenters. The number of hydrogen-bond donors (Lipinski definition) is 0. The van der Waals surface area contributed by atoms with Crippen LogP contribution in [0.1, 0.15) is 32.6 Å². The zero-order valence-electron chi connectivity index (χ0n) is 6.24. The molecule has 0 heterocycles. The maximum Gasteiger partial charge on any atom is 0.0694 e. The predicted octanol–water partition coefficient (Wildman–Crippen LogP) is 1.97. The van der Waals surface area contributed by atoms with Gasteiger partial charge in [-0.25, -0.2) is 0 Å². The molecule has 0 radical (unpaired) electrons. The van der Waals surface area contributed by atoms with E-state index in [1.807, 2.05) is 7.11 Å². The molecule has 3 saturated carbocycles. The Balaban J connectivity index is 1.96. The average molecular weight is 126 g/mol. The number of rotatable bonds is 2. The maximum atomic E-state index is 5.37. The Labute approximate surface area is 56.4 Å². The fourth-order valence-corrected chi connectivity index (χ4v) is 2.49. The fraction of sp³-hybridized carbons (Fsp3) is 1.00. The summed E-state index contributed by atoms with van der Waals surface area (Å²) < 4.78 is 5.37. The number of hydrogen-bond acceptors (Lipinski definition) is 1. The molecule has 52 valence electrons. The van der Waals surface area contributed by atoms with Crippen molar-refractivity contribution in [1.29, 1.82) is 0 Å². The van der Waals surface area contributed by atoms with Gasteiger partial charge in [0.05, 0.1) is 5.60 Å². The van der Waals surface area contributed by atoms with Crippen LogP contribution in [-0.2, 0) is 4.74 Å². The minimum atomic E-state index is 0.371. The molecule has 0 amide bonds. The van der Waals surface area contributed by atoms with E-state index in [9.17, 15) is 0 Å². The summed E-state index contributed by atoms with van der Waals surface area (Å²) in [7, 11) is 1.85. The molecule has 2 bridgehead atoms. The van der Waals surface area contributed by atoms with Crippen LogP contribution < -0.4 is 0 Å². The second-order valence-electron chi connectivity index (χ2n) is 3.77. The van der Waals surface area contributed by atoms with Crippen LogP contribution in [0.3, 0.4) is 0 Å². The van der Waals surface area contributed by atoms with Gasteiger partial charge in [0.1, 0.15) is 0 Å². The average Bonchev–Trinajstić information content (AvgIpc) is 1.62. The zero-order valence-corrected chi connectivity index (χ0v) is 6.24. The highest BCUT2D eigenvalue weighted by Gasteiger charge is 2.67. The molecule has 0 aromatic rings. The molecular weight excluding hydrogens is 112 g/mol. The summed E-state index contributed by atoms with van der Waals surface area (Å²) >= 11 is 0. The van der Waals surface area contributed by atoms with Gasteiger partial charge in [0.25, 0.3) is 0 Å². The number of ether oxygens (including phenoxy) is 1. The van der Waals surface area contributed by atoms with Crippen LogP contribution >= 0.6 is 0 Å². The van der Waals surface area contributed by atoms with E-state index in [2.05, 4.69) is 6.92 Å². The zero-order chi connectivity index (χ0) is 6.54. The molecule has 3 fully saturated rings. The largest absolute Gasteiger partial charge is 0.378 e. The first-order valence-electron chi connectivity index (χ1n) is 3.79. The van der Waals surface area contributed by atoms with Crippen LogP contribution in [-0.4, -0.2) is 12.7 Å². The third-order valence-electron chi connectivity index (χ3n) is 3.27. The fourth-order valence-electron chi connectivity index (χ4n) is 2.49. The monoisotopic (exact) mass is 126 g/mol. The molecule has 0 saturated heterocycles. The van der Waals surface area contributed by atoms with E-state index in [0.717, 1.165) is 5.41 Å². The van der Waals surface area contributed by atoms with E-state index in [0.29, 0.717) is 5.60 Å². The smallest absolute Gasteiger partial charge is 0.0694 e. The normalized spacial score (nSPS) is 54.0. The van der Waals surface area contributed by atoms with Gasteiger partial charge < -0.3 is 4.74 Å². The van der Waals surface area contributed by atoms with Crippen molar-refractivity contribution in [3.8, 4) is 0 Å². The minimum absolute atomic E-state index is 0.371. The molecule has 0 N–H and O–H groups in total. The van der Waals surface area contributed by atoms with Gasteiger partial charge in [0.2, 0.25) is 0 Å². The van der Waals surface area contributed by atoms with Crippen molar-refractivity contribution in [2.24, 2.45) is 5.41 Å². The van der Waals surface area contributed by atoms with Gasteiger partial charge >= 0.3 is 0 Å². The van der Waals surface area contributed by atoms with Crippen LogP contribution in [0.5, 0.6) is 0 Å². The molecule has 0 aliphatic heterocycles. The molecule has 0 spiro atoms. The second-order valence-corrected chi connectivity index (χ2v) is 3.77. The first-order chi connectivity index (χ1) is 4.24. The van der Waals surface area contributed by atoms with Crippen molar-refractivity contribution in [2.75, 3.05) is 7.11 Å². The lowest BCUT2D eigenvalue weighted by molar-refractivity contribution is -0.274. The van der Waals surface area contributed by atoms with E-state index < -0.39 is 0 Å². The van der Waals surface area contributed by atoms with Crippen molar-refractivity contribution in [3.05, 3.63) is 0 Å².